The van der Waals surface area contributed by atoms with Crippen LogP contribution in [0.25, 0.3) is 0 Å². The number of carbonyl (C=O) groups is 1. The largest absolute Gasteiger partial charge is 0.496 e. The van der Waals surface area contributed by atoms with Crippen molar-refractivity contribution in [1.82, 2.24) is 5.32 Å². The Bertz CT molecular complexity index is 437. The average Bonchev–Trinajstić information content (AvgIpc) is 2.37. The molecule has 0 aliphatic heterocycles. The smallest absolute Gasteiger partial charge is 0.255 e. The van der Waals surface area contributed by atoms with Crippen molar-refractivity contribution in [3.05, 3.63) is 28.8 Å². The van der Waals surface area contributed by atoms with Crippen LogP contribution in [0.5, 0.6) is 5.75 Å². The summed E-state index contributed by atoms with van der Waals surface area (Å²) in [4.78, 5) is 12.3. The van der Waals surface area contributed by atoms with Crippen molar-refractivity contribution in [2.75, 3.05) is 12.4 Å². The van der Waals surface area contributed by atoms with Gasteiger partial charge in [0, 0.05) is 16.4 Å². The van der Waals surface area contributed by atoms with Crippen molar-refractivity contribution in [2.45, 2.75) is 26.3 Å². The van der Waals surface area contributed by atoms with Gasteiger partial charge in [-0.25, -0.2) is 0 Å². The molecule has 0 fully saturated rings. The zero-order chi connectivity index (χ0) is 14.4. The molecule has 1 unspecified atom stereocenters. The van der Waals surface area contributed by atoms with Crippen LogP contribution in [0.3, 0.4) is 0 Å². The van der Waals surface area contributed by atoms with Crippen molar-refractivity contribution in [3.8, 4) is 5.75 Å². The summed E-state index contributed by atoms with van der Waals surface area (Å²) < 4.78 is 5.19. The minimum Gasteiger partial charge on any atom is -0.496 e. The highest BCUT2D eigenvalue weighted by atomic mass is 79.9. The monoisotopic (exact) mass is 347 g/mol. The summed E-state index contributed by atoms with van der Waals surface area (Å²) >= 11 is 9.35. The van der Waals surface area contributed by atoms with Gasteiger partial charge < -0.3 is 10.1 Å². The number of ether oxygens (including phenoxy) is 1. The molecule has 1 aromatic rings. The quantitative estimate of drug-likeness (QED) is 0.792. The molecular formula is C14H19BrClNO2. The lowest BCUT2D eigenvalue weighted by atomic mass is 10.0. The third kappa shape index (κ3) is 5.03. The lowest BCUT2D eigenvalue weighted by Gasteiger charge is -2.19. The van der Waals surface area contributed by atoms with E-state index >= 15 is 0 Å². The second-order valence-corrected chi connectivity index (χ2v) is 5.88. The zero-order valence-corrected chi connectivity index (χ0v) is 13.7. The summed E-state index contributed by atoms with van der Waals surface area (Å²) in [5.74, 6) is 0.883. The molecular weight excluding hydrogens is 330 g/mol. The zero-order valence-electron chi connectivity index (χ0n) is 11.4. The second-order valence-electron chi connectivity index (χ2n) is 4.80. The number of benzene rings is 1. The van der Waals surface area contributed by atoms with Gasteiger partial charge in [0.2, 0.25) is 0 Å². The maximum Gasteiger partial charge on any atom is 0.255 e. The van der Waals surface area contributed by atoms with E-state index in [1.807, 2.05) is 0 Å². The molecule has 106 valence electrons. The first-order valence-corrected chi connectivity index (χ1v) is 7.68. The lowest BCUT2D eigenvalue weighted by Crippen LogP contribution is -2.37. The third-order valence-corrected chi connectivity index (χ3v) is 3.70. The van der Waals surface area contributed by atoms with E-state index in [4.69, 9.17) is 16.3 Å². The summed E-state index contributed by atoms with van der Waals surface area (Å²) in [6.45, 7) is 4.25. The van der Waals surface area contributed by atoms with Crippen molar-refractivity contribution in [1.29, 1.82) is 0 Å². The second kappa shape index (κ2) is 7.75. The topological polar surface area (TPSA) is 38.3 Å². The van der Waals surface area contributed by atoms with E-state index in [0.717, 1.165) is 11.8 Å². The standard InChI is InChI=1S/C14H19BrClNO2/c1-9(2)6-11(8-15)17-14(18)12-7-10(16)4-5-13(12)19-3/h4-5,7,9,11H,6,8H2,1-3H3,(H,17,18). The van der Waals surface area contributed by atoms with Crippen molar-refractivity contribution >= 4 is 33.4 Å². The highest BCUT2D eigenvalue weighted by molar-refractivity contribution is 9.09. The first-order chi connectivity index (χ1) is 8.97. The van der Waals surface area contributed by atoms with Crippen LogP contribution in [-0.2, 0) is 0 Å². The van der Waals surface area contributed by atoms with E-state index in [1.165, 1.54) is 7.11 Å². The predicted molar refractivity (Wildman–Crippen MR) is 82.5 cm³/mol. The molecule has 0 bridgehead atoms. The minimum atomic E-state index is -0.163. The highest BCUT2D eigenvalue weighted by Gasteiger charge is 2.17. The molecule has 0 heterocycles. The van der Waals surface area contributed by atoms with Gasteiger partial charge in [-0.1, -0.05) is 41.4 Å². The van der Waals surface area contributed by atoms with E-state index in [2.05, 4.69) is 35.1 Å². The van der Waals surface area contributed by atoms with Gasteiger partial charge in [-0.2, -0.15) is 0 Å². The number of halogens is 2. The number of methoxy groups -OCH3 is 1. The van der Waals surface area contributed by atoms with E-state index in [9.17, 15) is 4.79 Å². The third-order valence-electron chi connectivity index (χ3n) is 2.68. The van der Waals surface area contributed by atoms with Crippen LogP contribution in [0, 0.1) is 5.92 Å². The first-order valence-electron chi connectivity index (χ1n) is 6.18. The lowest BCUT2D eigenvalue weighted by molar-refractivity contribution is 0.0934. The normalized spacial score (nSPS) is 12.3. The maximum absolute atomic E-state index is 12.3. The van der Waals surface area contributed by atoms with Crippen LogP contribution >= 0.6 is 27.5 Å². The van der Waals surface area contributed by atoms with Crippen LogP contribution in [-0.4, -0.2) is 24.4 Å². The van der Waals surface area contributed by atoms with Gasteiger partial charge >= 0.3 is 0 Å². The van der Waals surface area contributed by atoms with Crippen LogP contribution in [0.15, 0.2) is 18.2 Å². The number of carbonyl (C=O) groups excluding carboxylic acids is 1. The first kappa shape index (κ1) is 16.3. The van der Waals surface area contributed by atoms with Crippen LogP contribution in [0.4, 0.5) is 0 Å². The molecule has 0 spiro atoms. The Morgan fingerprint density at radius 2 is 2.16 bits per heavy atom. The van der Waals surface area contributed by atoms with E-state index in [-0.39, 0.29) is 11.9 Å². The van der Waals surface area contributed by atoms with Gasteiger partial charge in [0.25, 0.3) is 5.91 Å². The molecule has 1 aromatic carbocycles. The van der Waals surface area contributed by atoms with Crippen molar-refractivity contribution < 1.29 is 9.53 Å². The molecule has 1 N–H and O–H groups in total. The Labute approximate surface area is 127 Å². The molecule has 5 heteroatoms. The summed E-state index contributed by atoms with van der Waals surface area (Å²) in [7, 11) is 1.54. The molecule has 19 heavy (non-hydrogen) atoms. The number of hydrogen-bond donors (Lipinski definition) is 1. The van der Waals surface area contributed by atoms with Gasteiger partial charge in [0.1, 0.15) is 5.75 Å². The van der Waals surface area contributed by atoms with Crippen LogP contribution < -0.4 is 10.1 Å². The number of hydrogen-bond acceptors (Lipinski definition) is 2. The van der Waals surface area contributed by atoms with E-state index in [1.54, 1.807) is 18.2 Å². The van der Waals surface area contributed by atoms with Crippen LogP contribution in [0.1, 0.15) is 30.6 Å². The Morgan fingerprint density at radius 3 is 2.68 bits per heavy atom. The SMILES string of the molecule is COc1ccc(Cl)cc1C(=O)NC(CBr)CC(C)C. The van der Waals surface area contributed by atoms with Gasteiger partial charge in [0.15, 0.2) is 0 Å². The molecule has 0 aliphatic carbocycles. The van der Waals surface area contributed by atoms with Crippen molar-refractivity contribution in [3.63, 3.8) is 0 Å². The van der Waals surface area contributed by atoms with Gasteiger partial charge in [-0.3, -0.25) is 4.79 Å². The fraction of sp³-hybridized carbons (Fsp3) is 0.500. The fourth-order valence-corrected chi connectivity index (χ4v) is 2.45. The Morgan fingerprint density at radius 1 is 1.47 bits per heavy atom. The van der Waals surface area contributed by atoms with Crippen molar-refractivity contribution in [2.24, 2.45) is 5.92 Å². The molecule has 0 aromatic heterocycles. The predicted octanol–water partition coefficient (Wildman–Crippen LogP) is 3.89. The molecule has 0 radical (unpaired) electrons. The van der Waals surface area contributed by atoms with E-state index < -0.39 is 0 Å². The maximum atomic E-state index is 12.3. The number of amides is 1. The summed E-state index contributed by atoms with van der Waals surface area (Å²) in [6, 6.07) is 5.11. The highest BCUT2D eigenvalue weighted by Crippen LogP contribution is 2.23. The number of nitrogens with one attached hydrogen (secondary N) is 1. The summed E-state index contributed by atoms with van der Waals surface area (Å²) in [6.07, 6.45) is 0.917. The molecule has 1 rings (SSSR count). The van der Waals surface area contributed by atoms with Gasteiger partial charge in [-0.15, -0.1) is 0 Å². The minimum absolute atomic E-state index is 0.0937. The molecule has 1 amide bonds. The average molecular weight is 349 g/mol. The van der Waals surface area contributed by atoms with Crippen LogP contribution in [0.2, 0.25) is 5.02 Å². The Kier molecular flexibility index (Phi) is 6.66. The number of rotatable bonds is 6. The molecule has 1 atom stereocenters. The summed E-state index contributed by atoms with van der Waals surface area (Å²) in [5.41, 5.74) is 0.463. The number of alkyl halides is 1. The van der Waals surface area contributed by atoms with E-state index in [0.29, 0.717) is 22.3 Å². The molecule has 0 aliphatic rings. The molecule has 0 saturated heterocycles. The fourth-order valence-electron chi connectivity index (χ4n) is 1.85. The summed E-state index contributed by atoms with van der Waals surface area (Å²) in [5, 5.41) is 4.23. The van der Waals surface area contributed by atoms with Gasteiger partial charge in [-0.05, 0) is 30.5 Å². The Hall–Kier alpha value is -0.740. The molecule has 0 saturated carbocycles. The molecule has 3 nitrogen and oxygen atoms in total. The Balaban J connectivity index is 2.84. The van der Waals surface area contributed by atoms with Gasteiger partial charge in [0.05, 0.1) is 12.7 Å².